The summed E-state index contributed by atoms with van der Waals surface area (Å²) in [5, 5.41) is 0. The summed E-state index contributed by atoms with van der Waals surface area (Å²) in [5.74, 6) is 1.76. The van der Waals surface area contributed by atoms with Gasteiger partial charge < -0.3 is 9.47 Å². The molecule has 0 spiro atoms. The number of ether oxygens (including phenoxy) is 2. The van der Waals surface area contributed by atoms with Gasteiger partial charge >= 0.3 is 4.34 Å². The Morgan fingerprint density at radius 3 is 1.72 bits per heavy atom. The van der Waals surface area contributed by atoms with Crippen LogP contribution in [0.1, 0.15) is 13.8 Å². The summed E-state index contributed by atoms with van der Waals surface area (Å²) >= 11 is 8.14. The van der Waals surface area contributed by atoms with E-state index in [2.05, 4.69) is 24.3 Å². The Labute approximate surface area is 157 Å². The third-order valence-electron chi connectivity index (χ3n) is 3.74. The summed E-state index contributed by atoms with van der Waals surface area (Å²) in [6, 6.07) is 20.3. The molecule has 128 valence electrons. The smallest absolute Gasteiger partial charge is 0.306 e. The summed E-state index contributed by atoms with van der Waals surface area (Å²) in [7, 11) is 0. The van der Waals surface area contributed by atoms with Gasteiger partial charge in [0.15, 0.2) is 0 Å². The van der Waals surface area contributed by atoms with Crippen molar-refractivity contribution < 1.29 is 9.47 Å². The van der Waals surface area contributed by atoms with Crippen molar-refractivity contribution in [2.75, 3.05) is 13.2 Å². The Morgan fingerprint density at radius 2 is 1.24 bits per heavy atom. The van der Waals surface area contributed by atoms with Gasteiger partial charge in [-0.3, -0.25) is 0 Å². The predicted molar refractivity (Wildman–Crippen MR) is 107 cm³/mol. The molecule has 0 fully saturated rings. The highest BCUT2D eigenvalue weighted by molar-refractivity contribution is 7.19. The van der Waals surface area contributed by atoms with Crippen LogP contribution in [0.4, 0.5) is 0 Å². The van der Waals surface area contributed by atoms with E-state index < -0.39 is 0 Å². The van der Waals surface area contributed by atoms with E-state index in [-0.39, 0.29) is 0 Å². The Balaban J connectivity index is 1.85. The first-order chi connectivity index (χ1) is 12.2. The fraction of sp³-hybridized carbons (Fsp3) is 0.190. The Kier molecular flexibility index (Phi) is 5.90. The van der Waals surface area contributed by atoms with Crippen molar-refractivity contribution in [1.29, 1.82) is 0 Å². The molecule has 0 N–H and O–H groups in total. The molecule has 0 aliphatic heterocycles. The minimum atomic E-state index is 0.666. The number of hydrogen-bond acceptors (Lipinski definition) is 2. The van der Waals surface area contributed by atoms with Crippen LogP contribution in [0.25, 0.3) is 21.6 Å². The zero-order valence-electron chi connectivity index (χ0n) is 14.3. The van der Waals surface area contributed by atoms with E-state index in [4.69, 9.17) is 21.1 Å². The first kappa shape index (κ1) is 17.7. The van der Waals surface area contributed by atoms with Crippen molar-refractivity contribution in [2.45, 2.75) is 13.8 Å². The molecule has 0 aliphatic rings. The van der Waals surface area contributed by atoms with Crippen molar-refractivity contribution in [3.05, 3.63) is 65.0 Å². The van der Waals surface area contributed by atoms with Gasteiger partial charge in [-0.2, -0.15) is 0 Å². The van der Waals surface area contributed by atoms with Crippen molar-refractivity contribution in [3.63, 3.8) is 0 Å². The topological polar surface area (TPSA) is 18.5 Å². The van der Waals surface area contributed by atoms with Gasteiger partial charge in [-0.25, -0.2) is 0 Å². The van der Waals surface area contributed by atoms with Crippen LogP contribution in [0, 0.1) is 0 Å². The molecule has 25 heavy (non-hydrogen) atoms. The maximum atomic E-state index is 6.56. The molecule has 2 nitrogen and oxygen atoms in total. The highest BCUT2D eigenvalue weighted by atomic mass is 35.5. The molecule has 0 atom stereocenters. The lowest BCUT2D eigenvalue weighted by atomic mass is 10.1. The molecular weight excluding hydrogens is 352 g/mol. The Hall–Kier alpha value is -2.10. The third-order valence-corrected chi connectivity index (χ3v) is 5.16. The summed E-state index contributed by atoms with van der Waals surface area (Å²) in [5.41, 5.74) is 3.25. The van der Waals surface area contributed by atoms with Gasteiger partial charge in [0.05, 0.1) is 18.8 Å². The second-order valence-corrected chi connectivity index (χ2v) is 7.06. The lowest BCUT2D eigenvalue weighted by Crippen LogP contribution is -1.91. The van der Waals surface area contributed by atoms with Gasteiger partial charge in [-0.1, -0.05) is 12.1 Å². The molecule has 0 amide bonds. The molecule has 0 radical (unpaired) electrons. The second-order valence-electron chi connectivity index (χ2n) is 5.40. The van der Waals surface area contributed by atoms with Gasteiger partial charge in [0.1, 0.15) is 11.5 Å². The summed E-state index contributed by atoms with van der Waals surface area (Å²) in [6.45, 7) is 5.30. The quantitative estimate of drug-likeness (QED) is 0.443. The number of rotatable bonds is 6. The zero-order chi connectivity index (χ0) is 17.6. The standard InChI is InChI=1S/C21H20ClO2S/c1-3-23-17-9-5-15(6-10-17)19-13-14-20(25-21(19)22)16-7-11-18(12-8-16)24-4-2/h5-14H,3-4H2,1-2H3/q+1. The van der Waals surface area contributed by atoms with E-state index in [9.17, 15) is 0 Å². The van der Waals surface area contributed by atoms with E-state index in [0.717, 1.165) is 37.4 Å². The van der Waals surface area contributed by atoms with Gasteiger partial charge in [-0.15, -0.1) is 0 Å². The molecule has 3 aromatic rings. The van der Waals surface area contributed by atoms with Crippen molar-refractivity contribution in [1.82, 2.24) is 0 Å². The summed E-state index contributed by atoms with van der Waals surface area (Å²) in [4.78, 5) is 1.13. The minimum Gasteiger partial charge on any atom is -0.494 e. The van der Waals surface area contributed by atoms with Gasteiger partial charge in [0, 0.05) is 11.6 Å². The van der Waals surface area contributed by atoms with E-state index in [0.29, 0.717) is 13.2 Å². The predicted octanol–water partition coefficient (Wildman–Crippen LogP) is 6.81. The molecule has 0 saturated heterocycles. The van der Waals surface area contributed by atoms with Crippen LogP contribution in [-0.4, -0.2) is 13.2 Å². The van der Waals surface area contributed by atoms with E-state index in [1.54, 1.807) is 11.3 Å². The SMILES string of the molecule is CCOc1ccc(-c2ccc(-c3ccc(OCC)cc3)c(Cl)[s+]2)cc1. The van der Waals surface area contributed by atoms with Gasteiger partial charge in [0.25, 0.3) is 0 Å². The highest BCUT2D eigenvalue weighted by Crippen LogP contribution is 2.37. The van der Waals surface area contributed by atoms with Crippen LogP contribution in [0.2, 0.25) is 4.34 Å². The molecule has 4 heteroatoms. The van der Waals surface area contributed by atoms with E-state index in [1.165, 1.54) is 0 Å². The molecule has 1 aromatic heterocycles. The number of benzene rings is 2. The Bertz CT molecular complexity index is 830. The second kappa shape index (κ2) is 8.32. The molecule has 0 bridgehead atoms. The fourth-order valence-corrected chi connectivity index (χ4v) is 3.85. The first-order valence-electron chi connectivity index (χ1n) is 8.30. The lowest BCUT2D eigenvalue weighted by Gasteiger charge is -2.05. The highest BCUT2D eigenvalue weighted by Gasteiger charge is 2.18. The third kappa shape index (κ3) is 4.30. The van der Waals surface area contributed by atoms with Crippen LogP contribution in [0.15, 0.2) is 60.7 Å². The van der Waals surface area contributed by atoms with Crippen LogP contribution < -0.4 is 9.47 Å². The van der Waals surface area contributed by atoms with E-state index in [1.807, 2.05) is 50.2 Å². The van der Waals surface area contributed by atoms with Gasteiger partial charge in [-0.05, 0) is 73.5 Å². The Morgan fingerprint density at radius 1 is 0.720 bits per heavy atom. The van der Waals surface area contributed by atoms with Gasteiger partial charge in [0.2, 0.25) is 16.2 Å². The summed E-state index contributed by atoms with van der Waals surface area (Å²) in [6.07, 6.45) is 0. The van der Waals surface area contributed by atoms with E-state index >= 15 is 0 Å². The normalized spacial score (nSPS) is 10.5. The fourth-order valence-electron chi connectivity index (χ4n) is 2.55. The maximum absolute atomic E-state index is 6.56. The average molecular weight is 372 g/mol. The first-order valence-corrected chi connectivity index (χ1v) is 9.49. The number of hydrogen-bond donors (Lipinski definition) is 0. The molecule has 0 aliphatic carbocycles. The molecule has 0 saturated carbocycles. The molecule has 2 aromatic carbocycles. The zero-order valence-corrected chi connectivity index (χ0v) is 15.9. The molecule has 1 heterocycles. The molecular formula is C21H20ClO2S+. The van der Waals surface area contributed by atoms with Crippen LogP contribution in [0.5, 0.6) is 11.5 Å². The molecule has 3 rings (SSSR count). The van der Waals surface area contributed by atoms with Crippen molar-refractivity contribution in [3.8, 4) is 33.1 Å². The average Bonchev–Trinajstić information content (AvgIpc) is 2.64. The number of halogens is 1. The maximum Gasteiger partial charge on any atom is 0.306 e. The largest absolute Gasteiger partial charge is 0.494 e. The monoisotopic (exact) mass is 371 g/mol. The van der Waals surface area contributed by atoms with Crippen molar-refractivity contribution in [2.24, 2.45) is 0 Å². The summed E-state index contributed by atoms with van der Waals surface area (Å²) < 4.78 is 11.8. The van der Waals surface area contributed by atoms with Crippen LogP contribution in [-0.2, 0) is 0 Å². The van der Waals surface area contributed by atoms with Crippen molar-refractivity contribution >= 4 is 22.9 Å². The van der Waals surface area contributed by atoms with Crippen LogP contribution >= 0.6 is 22.9 Å². The molecule has 0 unspecified atom stereocenters. The minimum absolute atomic E-state index is 0.666. The lowest BCUT2D eigenvalue weighted by molar-refractivity contribution is 0.340. The van der Waals surface area contributed by atoms with Crippen LogP contribution in [0.3, 0.4) is 0 Å².